The highest BCUT2D eigenvalue weighted by molar-refractivity contribution is 5.78. The molecule has 1 aliphatic rings. The molecule has 1 aromatic rings. The van der Waals surface area contributed by atoms with Crippen LogP contribution in [0.25, 0.3) is 0 Å². The Bertz CT molecular complexity index is 602. The van der Waals surface area contributed by atoms with Crippen molar-refractivity contribution in [2.45, 2.75) is 64.2 Å². The third-order valence-corrected chi connectivity index (χ3v) is 4.38. The van der Waals surface area contributed by atoms with E-state index in [0.717, 1.165) is 10.6 Å². The average Bonchev–Trinajstić information content (AvgIpc) is 2.76. The summed E-state index contributed by atoms with van der Waals surface area (Å²) < 4.78 is 46.2. The Kier molecular flexibility index (Phi) is 5.98. The number of hydrogen-bond donors (Lipinski definition) is 1. The first-order valence-electron chi connectivity index (χ1n) is 8.51. The van der Waals surface area contributed by atoms with Gasteiger partial charge in [-0.15, -0.1) is 0 Å². The van der Waals surface area contributed by atoms with Crippen molar-refractivity contribution in [3.63, 3.8) is 0 Å². The molecule has 0 aromatic heterocycles. The highest BCUT2D eigenvalue weighted by Gasteiger charge is 2.51. The number of para-hydroxylation sites is 1. The molecule has 1 aromatic carbocycles. The van der Waals surface area contributed by atoms with Gasteiger partial charge in [-0.25, -0.2) is 5.01 Å². The predicted molar refractivity (Wildman–Crippen MR) is 89.1 cm³/mol. The SMILES string of the molecule is CCOc1ccccc1CCC[C@H](N1NC(=O)CC1(C)C)C(F)(F)F. The largest absolute Gasteiger partial charge is 0.494 e. The van der Waals surface area contributed by atoms with E-state index in [1.165, 1.54) is 0 Å². The quantitative estimate of drug-likeness (QED) is 0.805. The highest BCUT2D eigenvalue weighted by atomic mass is 19.4. The molecule has 1 aliphatic heterocycles. The fourth-order valence-corrected chi connectivity index (χ4v) is 3.23. The van der Waals surface area contributed by atoms with Crippen LogP contribution in [0.3, 0.4) is 0 Å². The summed E-state index contributed by atoms with van der Waals surface area (Å²) in [5.41, 5.74) is 2.42. The van der Waals surface area contributed by atoms with Crippen molar-refractivity contribution in [3.8, 4) is 5.75 Å². The maximum absolute atomic E-state index is 13.6. The molecular formula is C18H25F3N2O2. The van der Waals surface area contributed by atoms with Gasteiger partial charge in [-0.2, -0.15) is 13.2 Å². The van der Waals surface area contributed by atoms with Crippen molar-refractivity contribution in [3.05, 3.63) is 29.8 Å². The summed E-state index contributed by atoms with van der Waals surface area (Å²) in [6, 6.07) is 5.69. The summed E-state index contributed by atoms with van der Waals surface area (Å²) in [5, 5.41) is 1.07. The average molecular weight is 358 g/mol. The molecule has 1 N–H and O–H groups in total. The van der Waals surface area contributed by atoms with Crippen LogP contribution in [0.1, 0.15) is 45.6 Å². The zero-order valence-electron chi connectivity index (χ0n) is 14.8. The van der Waals surface area contributed by atoms with Gasteiger partial charge in [-0.05, 0) is 51.7 Å². The Balaban J connectivity index is 2.06. The number of hydrogen-bond acceptors (Lipinski definition) is 3. The van der Waals surface area contributed by atoms with E-state index in [-0.39, 0.29) is 18.7 Å². The number of nitrogens with one attached hydrogen (secondary N) is 1. The van der Waals surface area contributed by atoms with E-state index < -0.39 is 17.8 Å². The van der Waals surface area contributed by atoms with E-state index in [1.807, 2.05) is 31.2 Å². The topological polar surface area (TPSA) is 41.6 Å². The van der Waals surface area contributed by atoms with Crippen LogP contribution in [-0.2, 0) is 11.2 Å². The van der Waals surface area contributed by atoms with Gasteiger partial charge in [0.15, 0.2) is 0 Å². The summed E-state index contributed by atoms with van der Waals surface area (Å²) in [4.78, 5) is 11.6. The molecule has 25 heavy (non-hydrogen) atoms. The third-order valence-electron chi connectivity index (χ3n) is 4.38. The van der Waals surface area contributed by atoms with E-state index in [1.54, 1.807) is 13.8 Å². The number of carbonyl (C=O) groups is 1. The van der Waals surface area contributed by atoms with Crippen LogP contribution in [0.2, 0.25) is 0 Å². The molecule has 0 radical (unpaired) electrons. The van der Waals surface area contributed by atoms with Crippen molar-refractivity contribution < 1.29 is 22.7 Å². The Morgan fingerprint density at radius 1 is 1.32 bits per heavy atom. The second-order valence-corrected chi connectivity index (χ2v) is 6.88. The smallest absolute Gasteiger partial charge is 0.405 e. The molecule has 1 saturated heterocycles. The van der Waals surface area contributed by atoms with Crippen molar-refractivity contribution in [1.82, 2.24) is 10.4 Å². The van der Waals surface area contributed by atoms with Crippen LogP contribution in [-0.4, -0.2) is 35.3 Å². The van der Waals surface area contributed by atoms with Crippen molar-refractivity contribution >= 4 is 5.91 Å². The number of alkyl halides is 3. The monoisotopic (exact) mass is 358 g/mol. The molecule has 0 spiro atoms. The van der Waals surface area contributed by atoms with E-state index >= 15 is 0 Å². The maximum Gasteiger partial charge on any atom is 0.405 e. The number of rotatable bonds is 7. The summed E-state index contributed by atoms with van der Waals surface area (Å²) >= 11 is 0. The first-order valence-corrected chi connectivity index (χ1v) is 8.51. The molecule has 4 nitrogen and oxygen atoms in total. The standard InChI is InChI=1S/C18H25F3N2O2/c1-4-25-14-10-6-5-8-13(14)9-7-11-15(18(19,20)21)23-17(2,3)12-16(24)22-23/h5-6,8,10,15H,4,7,9,11-12H2,1-3H3,(H,22,24)/t15-/m0/s1. The van der Waals surface area contributed by atoms with Crippen molar-refractivity contribution in [1.29, 1.82) is 0 Å². The Labute approximate surface area is 146 Å². The van der Waals surface area contributed by atoms with Gasteiger partial charge in [0.25, 0.3) is 0 Å². The van der Waals surface area contributed by atoms with Gasteiger partial charge >= 0.3 is 6.18 Å². The number of nitrogens with zero attached hydrogens (tertiary/aromatic N) is 1. The highest BCUT2D eigenvalue weighted by Crippen LogP contribution is 2.35. The molecular weight excluding hydrogens is 333 g/mol. The van der Waals surface area contributed by atoms with E-state index in [0.29, 0.717) is 25.2 Å². The van der Waals surface area contributed by atoms with Crippen LogP contribution >= 0.6 is 0 Å². The lowest BCUT2D eigenvalue weighted by molar-refractivity contribution is -0.202. The van der Waals surface area contributed by atoms with Gasteiger partial charge < -0.3 is 4.74 Å². The maximum atomic E-state index is 13.6. The lowest BCUT2D eigenvalue weighted by Gasteiger charge is -2.37. The normalized spacial score (nSPS) is 18.9. The molecule has 7 heteroatoms. The second kappa shape index (κ2) is 7.64. The number of benzene rings is 1. The molecule has 1 amide bonds. The van der Waals surface area contributed by atoms with Crippen LogP contribution < -0.4 is 10.2 Å². The fourth-order valence-electron chi connectivity index (χ4n) is 3.23. The minimum absolute atomic E-state index is 0.0623. The number of aryl methyl sites for hydroxylation is 1. The molecule has 0 aliphatic carbocycles. The zero-order chi connectivity index (χ0) is 18.7. The van der Waals surface area contributed by atoms with Gasteiger partial charge in [0.05, 0.1) is 6.61 Å². The van der Waals surface area contributed by atoms with Gasteiger partial charge in [0, 0.05) is 12.0 Å². The number of ether oxygens (including phenoxy) is 1. The summed E-state index contributed by atoms with van der Waals surface area (Å²) in [5.74, 6) is 0.337. The second-order valence-electron chi connectivity index (χ2n) is 6.88. The first kappa shape index (κ1) is 19.6. The van der Waals surface area contributed by atoms with E-state index in [9.17, 15) is 18.0 Å². The molecule has 1 fully saturated rings. The van der Waals surface area contributed by atoms with Gasteiger partial charge in [0.1, 0.15) is 11.8 Å². The van der Waals surface area contributed by atoms with Crippen LogP contribution in [0, 0.1) is 0 Å². The Morgan fingerprint density at radius 2 is 2.00 bits per heavy atom. The number of hydrazine groups is 1. The van der Waals surface area contributed by atoms with Crippen LogP contribution in [0.5, 0.6) is 5.75 Å². The fraction of sp³-hybridized carbons (Fsp3) is 0.611. The van der Waals surface area contributed by atoms with Crippen molar-refractivity contribution in [2.24, 2.45) is 0 Å². The predicted octanol–water partition coefficient (Wildman–Crippen LogP) is 3.85. The summed E-state index contributed by atoms with van der Waals surface area (Å²) in [7, 11) is 0. The van der Waals surface area contributed by atoms with E-state index in [2.05, 4.69) is 5.43 Å². The number of halogens is 3. The zero-order valence-corrected chi connectivity index (χ0v) is 14.8. The van der Waals surface area contributed by atoms with Crippen LogP contribution in [0.15, 0.2) is 24.3 Å². The lowest BCUT2D eigenvalue weighted by Crippen LogP contribution is -2.56. The molecule has 140 valence electrons. The molecule has 0 saturated carbocycles. The van der Waals surface area contributed by atoms with Gasteiger partial charge in [0.2, 0.25) is 5.91 Å². The van der Waals surface area contributed by atoms with Gasteiger partial charge in [-0.1, -0.05) is 18.2 Å². The lowest BCUT2D eigenvalue weighted by atomic mass is 9.97. The minimum Gasteiger partial charge on any atom is -0.494 e. The number of carbonyl (C=O) groups excluding carboxylic acids is 1. The van der Waals surface area contributed by atoms with Gasteiger partial charge in [-0.3, -0.25) is 10.2 Å². The molecule has 1 heterocycles. The van der Waals surface area contributed by atoms with Crippen molar-refractivity contribution in [2.75, 3.05) is 6.61 Å². The van der Waals surface area contributed by atoms with Crippen LogP contribution in [0.4, 0.5) is 13.2 Å². The molecule has 2 rings (SSSR count). The number of amides is 1. The Morgan fingerprint density at radius 3 is 2.56 bits per heavy atom. The molecule has 1 atom stereocenters. The molecule has 0 unspecified atom stereocenters. The summed E-state index contributed by atoms with van der Waals surface area (Å²) in [6.45, 7) is 5.67. The minimum atomic E-state index is -4.41. The Hall–Kier alpha value is -1.76. The van der Waals surface area contributed by atoms with E-state index in [4.69, 9.17) is 4.74 Å². The molecule has 0 bridgehead atoms. The third kappa shape index (κ3) is 4.87. The first-order chi connectivity index (χ1) is 11.6. The summed E-state index contributed by atoms with van der Waals surface area (Å²) in [6.07, 6.45) is -3.60.